The second kappa shape index (κ2) is 2.44. The van der Waals surface area contributed by atoms with Crippen LogP contribution in [-0.4, -0.2) is 31.0 Å². The second-order valence-electron chi connectivity index (χ2n) is 1.96. The molecule has 0 aromatic rings. The van der Waals surface area contributed by atoms with E-state index < -0.39 is 10.0 Å². The zero-order valence-electron chi connectivity index (χ0n) is 4.88. The minimum atomic E-state index is -2.94. The van der Waals surface area contributed by atoms with E-state index in [9.17, 15) is 8.42 Å². The molecular formula is C4H8ClNO2S. The van der Waals surface area contributed by atoms with Gasteiger partial charge in [-0.15, -0.1) is 11.6 Å². The predicted octanol–water partition coefficient (Wildman–Crippen LogP) is 0.218. The van der Waals surface area contributed by atoms with Gasteiger partial charge in [-0.05, 0) is 6.42 Å². The summed E-state index contributed by atoms with van der Waals surface area (Å²) in [6, 6.07) is 0.0995. The van der Waals surface area contributed by atoms with Crippen molar-refractivity contribution in [3.8, 4) is 0 Å². The molecule has 0 radical (unpaired) electrons. The molecule has 0 aromatic heterocycles. The monoisotopic (exact) mass is 169 g/mol. The van der Waals surface area contributed by atoms with Gasteiger partial charge in [0, 0.05) is 6.54 Å². The van der Waals surface area contributed by atoms with Crippen LogP contribution in [0.1, 0.15) is 6.42 Å². The van der Waals surface area contributed by atoms with Gasteiger partial charge in [0.2, 0.25) is 10.0 Å². The van der Waals surface area contributed by atoms with Gasteiger partial charge in [0.25, 0.3) is 0 Å². The zero-order chi connectivity index (χ0) is 6.91. The van der Waals surface area contributed by atoms with Crippen LogP contribution in [0.3, 0.4) is 0 Å². The van der Waals surface area contributed by atoms with E-state index in [-0.39, 0.29) is 11.8 Å². The third-order valence-electron chi connectivity index (χ3n) is 1.34. The van der Waals surface area contributed by atoms with Crippen LogP contribution >= 0.6 is 11.6 Å². The van der Waals surface area contributed by atoms with Crippen molar-refractivity contribution in [3.05, 3.63) is 0 Å². The first-order valence-electron chi connectivity index (χ1n) is 2.70. The number of alkyl halides is 1. The van der Waals surface area contributed by atoms with Crippen LogP contribution in [0.5, 0.6) is 0 Å². The van der Waals surface area contributed by atoms with Crippen molar-refractivity contribution in [2.24, 2.45) is 0 Å². The van der Waals surface area contributed by atoms with Crippen LogP contribution in [0.25, 0.3) is 0 Å². The molecule has 0 atom stereocenters. The Kier molecular flexibility index (Phi) is 1.98. The molecule has 0 aromatic carbocycles. The van der Waals surface area contributed by atoms with Gasteiger partial charge in [0.05, 0.1) is 11.8 Å². The summed E-state index contributed by atoms with van der Waals surface area (Å²) >= 11 is 5.34. The summed E-state index contributed by atoms with van der Waals surface area (Å²) in [7, 11) is -2.94. The first-order chi connectivity index (χ1) is 4.17. The molecule has 1 aliphatic rings. The van der Waals surface area contributed by atoms with Gasteiger partial charge >= 0.3 is 0 Å². The van der Waals surface area contributed by atoms with Crippen LogP contribution in [-0.2, 0) is 10.0 Å². The Labute approximate surface area is 59.7 Å². The average Bonchev–Trinajstić information content (AvgIpc) is 2.08. The number of sulfonamides is 1. The quantitative estimate of drug-likeness (QED) is 0.416. The van der Waals surface area contributed by atoms with Crippen molar-refractivity contribution in [2.45, 2.75) is 6.42 Å². The third kappa shape index (κ3) is 1.36. The lowest BCUT2D eigenvalue weighted by Crippen LogP contribution is -2.23. The van der Waals surface area contributed by atoms with Crippen LogP contribution in [0.4, 0.5) is 0 Å². The van der Waals surface area contributed by atoms with Crippen LogP contribution in [0.2, 0.25) is 0 Å². The van der Waals surface area contributed by atoms with Crippen LogP contribution in [0.15, 0.2) is 0 Å². The molecule has 0 spiro atoms. The van der Waals surface area contributed by atoms with E-state index in [2.05, 4.69) is 0 Å². The molecule has 1 aliphatic heterocycles. The fourth-order valence-corrected chi connectivity index (χ4v) is 2.70. The van der Waals surface area contributed by atoms with Crippen LogP contribution in [0, 0.1) is 0 Å². The summed E-state index contributed by atoms with van der Waals surface area (Å²) in [6.07, 6.45) is 0.717. The fraction of sp³-hybridized carbons (Fsp3) is 1.00. The molecule has 0 N–H and O–H groups in total. The second-order valence-corrected chi connectivity index (χ2v) is 4.29. The Morgan fingerprint density at radius 1 is 1.56 bits per heavy atom. The molecule has 9 heavy (non-hydrogen) atoms. The number of nitrogens with zero attached hydrogens (tertiary/aromatic N) is 1. The minimum Gasteiger partial charge on any atom is -0.212 e. The highest BCUT2D eigenvalue weighted by atomic mass is 35.5. The number of halogens is 1. The molecule has 0 unspecified atom stereocenters. The molecule has 54 valence electrons. The van der Waals surface area contributed by atoms with Gasteiger partial charge in [-0.2, -0.15) is 4.31 Å². The molecule has 3 nitrogen and oxygen atoms in total. The molecule has 1 rings (SSSR count). The van der Waals surface area contributed by atoms with Crippen molar-refractivity contribution in [2.75, 3.05) is 18.3 Å². The maximum absolute atomic E-state index is 10.8. The minimum absolute atomic E-state index is 0.0995. The summed E-state index contributed by atoms with van der Waals surface area (Å²) in [5.74, 6) is 0.264. The maximum atomic E-state index is 10.8. The SMILES string of the molecule is O=S1(=O)CCCN1CCl. The van der Waals surface area contributed by atoms with Crippen molar-refractivity contribution in [1.82, 2.24) is 4.31 Å². The molecule has 1 heterocycles. The normalized spacial score (nSPS) is 26.8. The fourth-order valence-electron chi connectivity index (χ4n) is 0.826. The molecule has 1 fully saturated rings. The molecule has 1 saturated heterocycles. The number of hydrogen-bond acceptors (Lipinski definition) is 2. The molecule has 0 aliphatic carbocycles. The Balaban J connectivity index is 2.75. The average molecular weight is 170 g/mol. The van der Waals surface area contributed by atoms with E-state index >= 15 is 0 Å². The molecule has 0 amide bonds. The zero-order valence-corrected chi connectivity index (χ0v) is 6.45. The van der Waals surface area contributed by atoms with Crippen molar-refractivity contribution < 1.29 is 8.42 Å². The van der Waals surface area contributed by atoms with Crippen molar-refractivity contribution in [3.63, 3.8) is 0 Å². The van der Waals surface area contributed by atoms with Gasteiger partial charge in [-0.1, -0.05) is 0 Å². The Bertz CT molecular complexity index is 189. The van der Waals surface area contributed by atoms with E-state index in [0.29, 0.717) is 6.54 Å². The maximum Gasteiger partial charge on any atom is 0.215 e. The summed E-state index contributed by atoms with van der Waals surface area (Å²) in [4.78, 5) is 0. The predicted molar refractivity (Wildman–Crippen MR) is 35.8 cm³/mol. The molecule has 0 saturated carbocycles. The first-order valence-corrected chi connectivity index (χ1v) is 4.85. The van der Waals surface area contributed by atoms with E-state index in [1.807, 2.05) is 0 Å². The lowest BCUT2D eigenvalue weighted by Gasteiger charge is -2.07. The van der Waals surface area contributed by atoms with Gasteiger partial charge in [0.1, 0.15) is 0 Å². The lowest BCUT2D eigenvalue weighted by molar-refractivity contribution is 0.494. The van der Waals surface area contributed by atoms with Gasteiger partial charge < -0.3 is 0 Å². The van der Waals surface area contributed by atoms with E-state index in [1.54, 1.807) is 0 Å². The van der Waals surface area contributed by atoms with E-state index in [0.717, 1.165) is 6.42 Å². The third-order valence-corrected chi connectivity index (χ3v) is 3.67. The first kappa shape index (κ1) is 7.31. The summed E-state index contributed by atoms with van der Waals surface area (Å²) < 4.78 is 23.0. The Morgan fingerprint density at radius 2 is 2.22 bits per heavy atom. The lowest BCUT2D eigenvalue weighted by atomic mass is 10.5. The summed E-state index contributed by atoms with van der Waals surface area (Å²) in [6.45, 7) is 0.589. The highest BCUT2D eigenvalue weighted by Crippen LogP contribution is 2.12. The van der Waals surface area contributed by atoms with Gasteiger partial charge in [-0.25, -0.2) is 8.42 Å². The molecule has 0 bridgehead atoms. The van der Waals surface area contributed by atoms with Crippen molar-refractivity contribution in [1.29, 1.82) is 0 Å². The Morgan fingerprint density at radius 3 is 2.44 bits per heavy atom. The topological polar surface area (TPSA) is 37.4 Å². The standard InChI is InChI=1S/C4H8ClNO2S/c5-4-6-2-1-3-9(6,7)8/h1-4H2. The van der Waals surface area contributed by atoms with E-state index in [4.69, 9.17) is 11.6 Å². The highest BCUT2D eigenvalue weighted by Gasteiger charge is 2.26. The highest BCUT2D eigenvalue weighted by molar-refractivity contribution is 7.89. The van der Waals surface area contributed by atoms with Crippen LogP contribution < -0.4 is 0 Å². The largest absolute Gasteiger partial charge is 0.215 e. The number of rotatable bonds is 1. The molecule has 5 heteroatoms. The van der Waals surface area contributed by atoms with Gasteiger partial charge in [0.15, 0.2) is 0 Å². The van der Waals surface area contributed by atoms with Gasteiger partial charge in [-0.3, -0.25) is 0 Å². The molecular weight excluding hydrogens is 162 g/mol. The van der Waals surface area contributed by atoms with Crippen molar-refractivity contribution >= 4 is 21.6 Å². The summed E-state index contributed by atoms with van der Waals surface area (Å²) in [5, 5.41) is 0. The number of hydrogen-bond donors (Lipinski definition) is 0. The Hall–Kier alpha value is 0.200. The smallest absolute Gasteiger partial charge is 0.212 e. The summed E-state index contributed by atoms with van der Waals surface area (Å²) in [5.41, 5.74) is 0. The van der Waals surface area contributed by atoms with E-state index in [1.165, 1.54) is 4.31 Å².